The van der Waals surface area contributed by atoms with Crippen LogP contribution in [-0.4, -0.2) is 28.6 Å². The topological polar surface area (TPSA) is 95.4 Å². The summed E-state index contributed by atoms with van der Waals surface area (Å²) in [5.41, 5.74) is 0.920. The number of halogens is 2. The van der Waals surface area contributed by atoms with Crippen molar-refractivity contribution in [1.29, 1.82) is 5.41 Å². The van der Waals surface area contributed by atoms with E-state index >= 15 is 0 Å². The van der Waals surface area contributed by atoms with Crippen LogP contribution in [0.15, 0.2) is 58.9 Å². The number of thiazole rings is 1. The van der Waals surface area contributed by atoms with Gasteiger partial charge in [0.05, 0.1) is 4.91 Å². The van der Waals surface area contributed by atoms with Gasteiger partial charge in [0.2, 0.25) is 0 Å². The number of amides is 2. The fraction of sp³-hybridized carbons (Fsp3) is 0.0476. The van der Waals surface area contributed by atoms with Gasteiger partial charge in [-0.05, 0) is 60.3 Å². The molecule has 2 aromatic carbocycles. The molecule has 2 heterocycles. The van der Waals surface area contributed by atoms with Gasteiger partial charge in [-0.3, -0.25) is 15.0 Å². The number of rotatable bonds is 6. The zero-order chi connectivity index (χ0) is 22.7. The highest BCUT2D eigenvalue weighted by molar-refractivity contribution is 8.19. The first-order valence-electron chi connectivity index (χ1n) is 9.10. The van der Waals surface area contributed by atoms with Gasteiger partial charge in [0.25, 0.3) is 11.8 Å². The number of ether oxygens (including phenoxy) is 1. The Morgan fingerprint density at radius 1 is 1.28 bits per heavy atom. The van der Waals surface area contributed by atoms with Gasteiger partial charge in [-0.15, -0.1) is 11.3 Å². The third kappa shape index (κ3) is 4.98. The van der Waals surface area contributed by atoms with Crippen LogP contribution < -0.4 is 15.0 Å². The van der Waals surface area contributed by atoms with E-state index in [2.05, 4.69) is 10.3 Å². The van der Waals surface area contributed by atoms with Gasteiger partial charge in [0.1, 0.15) is 11.6 Å². The normalized spacial score (nSPS) is 14.8. The van der Waals surface area contributed by atoms with Crippen molar-refractivity contribution in [1.82, 2.24) is 4.98 Å². The summed E-state index contributed by atoms with van der Waals surface area (Å²) in [6.45, 7) is -0.308. The number of nitrogens with one attached hydrogen (secondary N) is 2. The Bertz CT molecular complexity index is 1220. The van der Waals surface area contributed by atoms with Crippen molar-refractivity contribution in [2.45, 2.75) is 0 Å². The molecule has 3 aromatic rings. The summed E-state index contributed by atoms with van der Waals surface area (Å²) in [6.07, 6.45) is 3.13. The molecular weight excluding hydrogens is 475 g/mol. The van der Waals surface area contributed by atoms with Gasteiger partial charge >= 0.3 is 0 Å². The molecule has 1 aliphatic heterocycles. The molecule has 0 aliphatic carbocycles. The van der Waals surface area contributed by atoms with Gasteiger partial charge in [-0.1, -0.05) is 11.6 Å². The van der Waals surface area contributed by atoms with Crippen LogP contribution in [0.2, 0.25) is 5.02 Å². The number of benzene rings is 2. The van der Waals surface area contributed by atoms with Crippen LogP contribution in [0.5, 0.6) is 5.75 Å². The number of nitrogens with zero attached hydrogens (tertiary/aromatic N) is 2. The Balaban J connectivity index is 1.50. The first kappa shape index (κ1) is 22.0. The van der Waals surface area contributed by atoms with E-state index in [1.165, 1.54) is 40.5 Å². The predicted octanol–water partition coefficient (Wildman–Crippen LogP) is 5.01. The highest BCUT2D eigenvalue weighted by Crippen LogP contribution is 2.37. The Morgan fingerprint density at radius 3 is 2.78 bits per heavy atom. The molecule has 0 radical (unpaired) electrons. The summed E-state index contributed by atoms with van der Waals surface area (Å²) < 4.78 is 18.6. The van der Waals surface area contributed by atoms with Gasteiger partial charge in [-0.2, -0.15) is 0 Å². The second-order valence-corrected chi connectivity index (χ2v) is 8.74. The fourth-order valence-electron chi connectivity index (χ4n) is 2.77. The van der Waals surface area contributed by atoms with E-state index in [0.717, 1.165) is 11.8 Å². The van der Waals surface area contributed by atoms with E-state index < -0.39 is 11.7 Å². The van der Waals surface area contributed by atoms with Gasteiger partial charge in [0, 0.05) is 27.9 Å². The molecule has 1 saturated heterocycles. The van der Waals surface area contributed by atoms with Crippen LogP contribution in [0.1, 0.15) is 5.56 Å². The Labute approximate surface area is 195 Å². The molecule has 0 spiro atoms. The number of aromatic nitrogens is 1. The van der Waals surface area contributed by atoms with Gasteiger partial charge in [-0.25, -0.2) is 14.3 Å². The molecular formula is C21H14ClFN4O3S2. The summed E-state index contributed by atoms with van der Waals surface area (Å²) in [7, 11) is 0. The highest BCUT2D eigenvalue weighted by atomic mass is 35.5. The molecule has 1 aromatic heterocycles. The molecule has 1 fully saturated rings. The minimum absolute atomic E-state index is 0.0411. The largest absolute Gasteiger partial charge is 0.483 e. The highest BCUT2D eigenvalue weighted by Gasteiger charge is 2.35. The number of thioether (sulfide) groups is 1. The van der Waals surface area contributed by atoms with Crippen LogP contribution in [-0.2, 0) is 9.59 Å². The van der Waals surface area contributed by atoms with Crippen LogP contribution >= 0.6 is 34.7 Å². The maximum absolute atomic E-state index is 13.0. The summed E-state index contributed by atoms with van der Waals surface area (Å²) in [4.78, 5) is 30.6. The zero-order valence-corrected chi connectivity index (χ0v) is 18.6. The Kier molecular flexibility index (Phi) is 6.54. The number of hydrogen-bond donors (Lipinski definition) is 2. The van der Waals surface area contributed by atoms with Crippen molar-refractivity contribution < 1.29 is 18.7 Å². The molecule has 1 aliphatic rings. The quantitative estimate of drug-likeness (QED) is 0.475. The minimum Gasteiger partial charge on any atom is -0.483 e. The molecule has 32 heavy (non-hydrogen) atoms. The number of anilines is 2. The average molecular weight is 489 g/mol. The summed E-state index contributed by atoms with van der Waals surface area (Å²) in [6, 6.07) is 10.2. The van der Waals surface area contributed by atoms with E-state index in [1.54, 1.807) is 35.9 Å². The number of carbonyl (C=O) groups is 2. The van der Waals surface area contributed by atoms with Crippen molar-refractivity contribution in [3.63, 3.8) is 0 Å². The average Bonchev–Trinajstić information content (AvgIpc) is 3.37. The van der Waals surface area contributed by atoms with Crippen molar-refractivity contribution in [2.24, 2.45) is 0 Å². The summed E-state index contributed by atoms with van der Waals surface area (Å²) >= 11 is 8.36. The molecule has 2 amide bonds. The van der Waals surface area contributed by atoms with Crippen molar-refractivity contribution in [3.05, 3.63) is 75.3 Å². The van der Waals surface area contributed by atoms with Crippen LogP contribution in [0.3, 0.4) is 0 Å². The van der Waals surface area contributed by atoms with Gasteiger partial charge < -0.3 is 10.1 Å². The first-order chi connectivity index (χ1) is 15.4. The fourth-order valence-corrected chi connectivity index (χ4v) is 4.48. The molecule has 4 rings (SSSR count). The number of hydrogen-bond acceptors (Lipinski definition) is 7. The van der Waals surface area contributed by atoms with E-state index in [-0.39, 0.29) is 17.7 Å². The van der Waals surface area contributed by atoms with E-state index in [0.29, 0.717) is 32.1 Å². The monoisotopic (exact) mass is 488 g/mol. The number of amidine groups is 1. The van der Waals surface area contributed by atoms with Crippen LogP contribution in [0.4, 0.5) is 15.2 Å². The summed E-state index contributed by atoms with van der Waals surface area (Å²) in [5.74, 6) is -0.883. The Morgan fingerprint density at radius 2 is 2.06 bits per heavy atom. The van der Waals surface area contributed by atoms with Crippen molar-refractivity contribution in [2.75, 3.05) is 16.8 Å². The molecule has 2 N–H and O–H groups in total. The molecule has 0 bridgehead atoms. The van der Waals surface area contributed by atoms with E-state index in [1.807, 2.05) is 0 Å². The molecule has 7 nitrogen and oxygen atoms in total. The van der Waals surface area contributed by atoms with Crippen LogP contribution in [0.25, 0.3) is 6.08 Å². The lowest BCUT2D eigenvalue weighted by Crippen LogP contribution is -2.27. The lowest BCUT2D eigenvalue weighted by molar-refractivity contribution is -0.118. The first-order valence-corrected chi connectivity index (χ1v) is 11.2. The molecule has 0 atom stereocenters. The summed E-state index contributed by atoms with van der Waals surface area (Å²) in [5, 5.41) is 13.3. The number of carbonyl (C=O) groups excluding carboxylic acids is 2. The van der Waals surface area contributed by atoms with Crippen molar-refractivity contribution in [3.8, 4) is 5.75 Å². The second kappa shape index (κ2) is 9.51. The third-order valence-electron chi connectivity index (χ3n) is 4.18. The molecule has 11 heteroatoms. The minimum atomic E-state index is -0.437. The maximum Gasteiger partial charge on any atom is 0.273 e. The maximum atomic E-state index is 13.0. The van der Waals surface area contributed by atoms with Gasteiger partial charge in [0.15, 0.2) is 16.9 Å². The van der Waals surface area contributed by atoms with E-state index in [9.17, 15) is 14.0 Å². The van der Waals surface area contributed by atoms with E-state index in [4.69, 9.17) is 21.7 Å². The lowest BCUT2D eigenvalue weighted by atomic mass is 10.2. The van der Waals surface area contributed by atoms with Crippen molar-refractivity contribution >= 4 is 68.6 Å². The lowest BCUT2D eigenvalue weighted by Gasteiger charge is -2.11. The molecule has 162 valence electrons. The SMILES string of the molecule is N=C1S/C(=C\c2cc(Cl)ccc2OCC(=O)Nc2ccc(F)cc2)C(=O)N1c1nccs1. The second-order valence-electron chi connectivity index (χ2n) is 6.40. The predicted molar refractivity (Wildman–Crippen MR) is 125 cm³/mol. The zero-order valence-electron chi connectivity index (χ0n) is 16.2. The standard InChI is InChI=1S/C21H14ClFN4O3S2/c22-13-1-6-16(30-11-18(28)26-15-4-2-14(23)3-5-15)12(9-13)10-17-19(29)27(20(24)32-17)21-25-7-8-31-21/h1-10,24H,11H2,(H,26,28)/b17-10-,24-20?. The van der Waals surface area contributed by atoms with Crippen LogP contribution in [0, 0.1) is 11.2 Å². The molecule has 0 saturated carbocycles. The third-order valence-corrected chi connectivity index (χ3v) is 6.06. The Hall–Kier alpha value is -3.21. The smallest absolute Gasteiger partial charge is 0.273 e. The molecule has 0 unspecified atom stereocenters.